The molecule has 124 valence electrons. The summed E-state index contributed by atoms with van der Waals surface area (Å²) < 4.78 is 8.07. The number of benzene rings is 2. The number of hydrogen-bond acceptors (Lipinski definition) is 1. The summed E-state index contributed by atoms with van der Waals surface area (Å²) in [6.45, 7) is 9.21. The van der Waals surface area contributed by atoms with Crippen LogP contribution in [-0.4, -0.2) is 18.8 Å². The minimum atomic E-state index is -2.35. The van der Waals surface area contributed by atoms with Gasteiger partial charge < -0.3 is 4.43 Å². The topological polar surface area (TPSA) is 9.23 Å². The Balaban J connectivity index is 2.64. The first-order valence-corrected chi connectivity index (χ1v) is 11.7. The molecule has 0 radical (unpaired) electrons. The fraction of sp³-hybridized carbons (Fsp3) is 0.400. The van der Waals surface area contributed by atoms with E-state index in [2.05, 4.69) is 111 Å². The molecule has 0 amide bonds. The molecule has 2 rings (SSSR count). The highest BCUT2D eigenvalue weighted by atomic mass is 127. The van der Waals surface area contributed by atoms with Crippen LogP contribution in [0.3, 0.4) is 0 Å². The van der Waals surface area contributed by atoms with Gasteiger partial charge in [-0.2, -0.15) is 0 Å². The minimum Gasteiger partial charge on any atom is -0.405 e. The van der Waals surface area contributed by atoms with Gasteiger partial charge in [0.05, 0.1) is 0 Å². The van der Waals surface area contributed by atoms with Crippen LogP contribution in [0.1, 0.15) is 34.1 Å². The maximum absolute atomic E-state index is 6.95. The van der Waals surface area contributed by atoms with Crippen LogP contribution in [0, 0.1) is 0 Å². The fourth-order valence-corrected chi connectivity index (χ4v) is 8.82. The van der Waals surface area contributed by atoms with Gasteiger partial charge in [0.1, 0.15) is 0 Å². The predicted octanol–water partition coefficient (Wildman–Crippen LogP) is 4.78. The molecule has 1 atom stereocenters. The molecule has 0 N–H and O–H groups in total. The van der Waals surface area contributed by atoms with E-state index in [0.717, 1.165) is 10.8 Å². The summed E-state index contributed by atoms with van der Waals surface area (Å²) >= 11 is 2.44. The Hall–Kier alpha value is -0.653. The number of hydrogen-bond donors (Lipinski definition) is 0. The van der Waals surface area contributed by atoms with Crippen molar-refractivity contribution in [2.75, 3.05) is 4.43 Å². The van der Waals surface area contributed by atoms with E-state index in [9.17, 15) is 0 Å². The summed E-state index contributed by atoms with van der Waals surface area (Å²) in [6.07, 6.45) is 1.35. The molecule has 0 bridgehead atoms. The minimum absolute atomic E-state index is 0.0647. The van der Waals surface area contributed by atoms with Crippen LogP contribution < -0.4 is 10.4 Å². The zero-order valence-electron chi connectivity index (χ0n) is 14.6. The number of alkyl halides is 1. The van der Waals surface area contributed by atoms with Crippen molar-refractivity contribution in [1.29, 1.82) is 0 Å². The van der Waals surface area contributed by atoms with Gasteiger partial charge in [0.25, 0.3) is 8.32 Å². The first-order valence-electron chi connectivity index (χ1n) is 8.26. The van der Waals surface area contributed by atoms with E-state index in [1.54, 1.807) is 0 Å². The van der Waals surface area contributed by atoms with Crippen LogP contribution in [0.4, 0.5) is 0 Å². The van der Waals surface area contributed by atoms with Crippen LogP contribution in [0.2, 0.25) is 5.04 Å². The van der Waals surface area contributed by atoms with Gasteiger partial charge in [-0.05, 0) is 28.8 Å². The van der Waals surface area contributed by atoms with E-state index in [0.29, 0.717) is 0 Å². The highest BCUT2D eigenvalue weighted by Gasteiger charge is 2.50. The lowest BCUT2D eigenvalue weighted by molar-refractivity contribution is 0.204. The summed E-state index contributed by atoms with van der Waals surface area (Å²) in [7, 11) is -2.35. The average molecular weight is 438 g/mol. The van der Waals surface area contributed by atoms with Crippen LogP contribution in [0.25, 0.3) is 0 Å². The fourth-order valence-electron chi connectivity index (χ4n) is 3.21. The summed E-state index contributed by atoms with van der Waals surface area (Å²) in [4.78, 5) is 0. The summed E-state index contributed by atoms with van der Waals surface area (Å²) in [6, 6.07) is 21.7. The first kappa shape index (κ1) is 18.7. The van der Waals surface area contributed by atoms with Crippen molar-refractivity contribution >= 4 is 41.3 Å². The molecule has 23 heavy (non-hydrogen) atoms. The standard InChI is InChI=1S/C20H27IOSi/c1-17(15-16-21)22-23(20(2,3)4,18-11-7-5-8-12-18)19-13-9-6-10-14-19/h5-14,17H,15-16H2,1-4H3. The largest absolute Gasteiger partial charge is 0.405 e. The quantitative estimate of drug-likeness (QED) is 0.359. The average Bonchev–Trinajstić information content (AvgIpc) is 2.53. The van der Waals surface area contributed by atoms with E-state index in [4.69, 9.17) is 4.43 Å². The Labute approximate surface area is 155 Å². The van der Waals surface area contributed by atoms with E-state index in [1.165, 1.54) is 10.4 Å². The maximum atomic E-state index is 6.95. The number of halogens is 1. The van der Waals surface area contributed by atoms with Gasteiger partial charge >= 0.3 is 0 Å². The van der Waals surface area contributed by atoms with Crippen molar-refractivity contribution in [2.45, 2.75) is 45.3 Å². The van der Waals surface area contributed by atoms with Gasteiger partial charge in [-0.1, -0.05) is 104 Å². The molecule has 0 aliphatic carbocycles. The molecule has 0 heterocycles. The molecule has 0 saturated carbocycles. The molecule has 2 aromatic rings. The molecule has 0 aliphatic rings. The van der Waals surface area contributed by atoms with Gasteiger partial charge in [-0.15, -0.1) is 0 Å². The highest BCUT2D eigenvalue weighted by molar-refractivity contribution is 14.1. The SMILES string of the molecule is CC(CCI)O[Si](c1ccccc1)(c1ccccc1)C(C)(C)C. The third-order valence-corrected chi connectivity index (χ3v) is 10.1. The van der Waals surface area contributed by atoms with Crippen LogP contribution >= 0.6 is 22.6 Å². The second-order valence-electron chi connectivity index (χ2n) is 7.07. The molecule has 1 nitrogen and oxygen atoms in total. The van der Waals surface area contributed by atoms with Crippen molar-refractivity contribution in [1.82, 2.24) is 0 Å². The van der Waals surface area contributed by atoms with Crippen LogP contribution in [-0.2, 0) is 4.43 Å². The van der Waals surface area contributed by atoms with Gasteiger partial charge in [-0.3, -0.25) is 0 Å². The Bertz CT molecular complexity index is 553. The van der Waals surface area contributed by atoms with E-state index >= 15 is 0 Å². The van der Waals surface area contributed by atoms with Gasteiger partial charge in [0.15, 0.2) is 0 Å². The van der Waals surface area contributed by atoms with Crippen molar-refractivity contribution in [3.05, 3.63) is 60.7 Å². The van der Waals surface area contributed by atoms with Crippen molar-refractivity contribution in [3.8, 4) is 0 Å². The third-order valence-electron chi connectivity index (χ3n) is 4.31. The first-order chi connectivity index (χ1) is 10.9. The molecule has 3 heteroatoms. The molecule has 0 saturated heterocycles. The molecule has 0 aliphatic heterocycles. The molecule has 0 spiro atoms. The van der Waals surface area contributed by atoms with E-state index in [-0.39, 0.29) is 11.1 Å². The summed E-state index contributed by atoms with van der Waals surface area (Å²) in [5.74, 6) is 0. The van der Waals surface area contributed by atoms with Crippen molar-refractivity contribution < 1.29 is 4.43 Å². The van der Waals surface area contributed by atoms with Crippen LogP contribution in [0.15, 0.2) is 60.7 Å². The van der Waals surface area contributed by atoms with Crippen molar-refractivity contribution in [2.24, 2.45) is 0 Å². The Morgan fingerprint density at radius 2 is 1.35 bits per heavy atom. The summed E-state index contributed by atoms with van der Waals surface area (Å²) in [5.41, 5.74) is 0. The van der Waals surface area contributed by atoms with E-state index < -0.39 is 8.32 Å². The Kier molecular flexibility index (Phi) is 6.46. The lowest BCUT2D eigenvalue weighted by Crippen LogP contribution is -2.67. The van der Waals surface area contributed by atoms with E-state index in [1.807, 2.05) is 0 Å². The zero-order valence-corrected chi connectivity index (χ0v) is 17.7. The molecule has 0 fully saturated rings. The molecule has 0 aromatic heterocycles. The smallest absolute Gasteiger partial charge is 0.261 e. The second kappa shape index (κ2) is 7.95. The summed E-state index contributed by atoms with van der Waals surface area (Å²) in [5, 5.41) is 2.79. The molecular weight excluding hydrogens is 411 g/mol. The van der Waals surface area contributed by atoms with Gasteiger partial charge in [-0.25, -0.2) is 0 Å². The second-order valence-corrected chi connectivity index (χ2v) is 12.4. The van der Waals surface area contributed by atoms with Gasteiger partial charge in [0, 0.05) is 10.5 Å². The van der Waals surface area contributed by atoms with Gasteiger partial charge in [0.2, 0.25) is 0 Å². The molecular formula is C20H27IOSi. The van der Waals surface area contributed by atoms with Crippen molar-refractivity contribution in [3.63, 3.8) is 0 Å². The van der Waals surface area contributed by atoms with Crippen LogP contribution in [0.5, 0.6) is 0 Å². The lowest BCUT2D eigenvalue weighted by atomic mass is 10.2. The predicted molar refractivity (Wildman–Crippen MR) is 112 cm³/mol. The highest BCUT2D eigenvalue weighted by Crippen LogP contribution is 2.37. The molecule has 1 unspecified atom stereocenters. The molecule has 2 aromatic carbocycles. The lowest BCUT2D eigenvalue weighted by Gasteiger charge is -2.44. The zero-order chi connectivity index (χ0) is 16.9. The Morgan fingerprint density at radius 1 is 0.913 bits per heavy atom. The number of rotatable bonds is 6. The normalized spacial score (nSPS) is 13.8. The Morgan fingerprint density at radius 3 is 1.70 bits per heavy atom. The third kappa shape index (κ3) is 4.06. The monoisotopic (exact) mass is 438 g/mol. The maximum Gasteiger partial charge on any atom is 0.261 e.